The fourth-order valence-corrected chi connectivity index (χ4v) is 3.55. The Morgan fingerprint density at radius 2 is 1.71 bits per heavy atom. The van der Waals surface area contributed by atoms with E-state index in [-0.39, 0.29) is 23.3 Å². The van der Waals surface area contributed by atoms with Gasteiger partial charge in [0.25, 0.3) is 0 Å². The Kier molecular flexibility index (Phi) is 8.26. The van der Waals surface area contributed by atoms with Crippen LogP contribution in [0, 0.1) is 6.92 Å². The van der Waals surface area contributed by atoms with E-state index in [4.69, 9.17) is 4.52 Å². The molecule has 0 unspecified atom stereocenters. The smallest absolute Gasteiger partial charge is 0.235 e. The number of hydrogen-bond donors (Lipinski definition) is 3. The van der Waals surface area contributed by atoms with Crippen LogP contribution in [0.4, 0.5) is 11.5 Å². The van der Waals surface area contributed by atoms with Crippen molar-refractivity contribution in [2.45, 2.75) is 25.9 Å². The first-order chi connectivity index (χ1) is 15.0. The normalized spacial score (nSPS) is 11.7. The average Bonchev–Trinajstić information content (AvgIpc) is 3.18. The maximum Gasteiger partial charge on any atom is 0.235 e. The number of aromatic nitrogens is 1. The zero-order valence-electron chi connectivity index (χ0n) is 17.2. The summed E-state index contributed by atoms with van der Waals surface area (Å²) < 4.78 is 4.88. The monoisotopic (exact) mass is 439 g/mol. The highest BCUT2D eigenvalue weighted by Gasteiger charge is 2.10. The van der Waals surface area contributed by atoms with E-state index in [9.17, 15) is 14.7 Å². The van der Waals surface area contributed by atoms with Crippen molar-refractivity contribution in [3.63, 3.8) is 0 Å². The average molecular weight is 440 g/mol. The predicted molar refractivity (Wildman–Crippen MR) is 122 cm³/mol. The fourth-order valence-electron chi connectivity index (χ4n) is 2.94. The van der Waals surface area contributed by atoms with E-state index in [0.29, 0.717) is 23.7 Å². The van der Waals surface area contributed by atoms with Gasteiger partial charge >= 0.3 is 0 Å². The van der Waals surface area contributed by atoms with Crippen LogP contribution < -0.4 is 10.6 Å². The minimum Gasteiger partial charge on any atom is -0.388 e. The summed E-state index contributed by atoms with van der Waals surface area (Å²) >= 11 is 1.22. The minimum absolute atomic E-state index is 0.141. The van der Waals surface area contributed by atoms with Gasteiger partial charge in [-0.1, -0.05) is 47.6 Å². The molecule has 1 atom stereocenters. The van der Waals surface area contributed by atoms with E-state index >= 15 is 0 Å². The quantitative estimate of drug-likeness (QED) is 0.442. The van der Waals surface area contributed by atoms with Gasteiger partial charge in [0.15, 0.2) is 5.82 Å². The standard InChI is InChI=1S/C23H25N3O4S/c1-16-13-21(26-30-16)25-23(29)15-31-14-22(28)24-19-10-7-17(8-11-19)9-12-20(27)18-5-3-2-4-6-18/h2-8,10-11,13,20,27H,9,12,14-15H2,1H3,(H,24,28)(H,25,26,29)/t20-/m0/s1. The molecule has 1 aromatic heterocycles. The second-order valence-corrected chi connectivity index (χ2v) is 8.06. The van der Waals surface area contributed by atoms with Gasteiger partial charge < -0.3 is 20.3 Å². The van der Waals surface area contributed by atoms with Gasteiger partial charge in [0.05, 0.1) is 17.6 Å². The number of hydrogen-bond acceptors (Lipinski definition) is 6. The van der Waals surface area contributed by atoms with Gasteiger partial charge in [0.1, 0.15) is 5.76 Å². The van der Waals surface area contributed by atoms with E-state index in [1.807, 2.05) is 54.6 Å². The number of aliphatic hydroxyl groups excluding tert-OH is 1. The van der Waals surface area contributed by atoms with Crippen LogP contribution in [0.15, 0.2) is 65.2 Å². The van der Waals surface area contributed by atoms with Crippen LogP contribution in [0.25, 0.3) is 0 Å². The number of carbonyl (C=O) groups is 2. The summed E-state index contributed by atoms with van der Waals surface area (Å²) in [4.78, 5) is 23.9. The predicted octanol–water partition coefficient (Wildman–Crippen LogP) is 3.96. The molecule has 2 aromatic carbocycles. The molecule has 8 heteroatoms. The minimum atomic E-state index is -0.497. The number of benzene rings is 2. The lowest BCUT2D eigenvalue weighted by Gasteiger charge is -2.11. The van der Waals surface area contributed by atoms with Crippen LogP contribution in [0.2, 0.25) is 0 Å². The first-order valence-corrected chi connectivity index (χ1v) is 11.1. The molecule has 0 bridgehead atoms. The topological polar surface area (TPSA) is 104 Å². The van der Waals surface area contributed by atoms with Gasteiger partial charge in [0, 0.05) is 11.8 Å². The lowest BCUT2D eigenvalue weighted by atomic mass is 10.0. The molecule has 0 aliphatic rings. The third kappa shape index (κ3) is 7.58. The summed E-state index contributed by atoms with van der Waals surface area (Å²) in [7, 11) is 0. The molecule has 7 nitrogen and oxygen atoms in total. The van der Waals surface area contributed by atoms with E-state index in [1.165, 1.54) is 11.8 Å². The number of rotatable bonds is 10. The highest BCUT2D eigenvalue weighted by molar-refractivity contribution is 8.00. The Labute approximate surface area is 185 Å². The van der Waals surface area contributed by atoms with Gasteiger partial charge in [-0.05, 0) is 43.0 Å². The molecule has 3 aromatic rings. The molecule has 3 rings (SSSR count). The molecule has 0 aliphatic carbocycles. The van der Waals surface area contributed by atoms with E-state index in [2.05, 4.69) is 15.8 Å². The summed E-state index contributed by atoms with van der Waals surface area (Å²) in [5, 5.41) is 19.4. The number of anilines is 2. The lowest BCUT2D eigenvalue weighted by Crippen LogP contribution is -2.18. The van der Waals surface area contributed by atoms with Crippen molar-refractivity contribution in [1.29, 1.82) is 0 Å². The Hall–Kier alpha value is -3.10. The van der Waals surface area contributed by atoms with Gasteiger partial charge in [-0.15, -0.1) is 11.8 Å². The van der Waals surface area contributed by atoms with E-state index < -0.39 is 6.10 Å². The molecule has 0 saturated heterocycles. The van der Waals surface area contributed by atoms with Crippen molar-refractivity contribution < 1.29 is 19.2 Å². The van der Waals surface area contributed by atoms with Crippen LogP contribution in [0.1, 0.15) is 29.4 Å². The van der Waals surface area contributed by atoms with Gasteiger partial charge in [-0.2, -0.15) is 0 Å². The van der Waals surface area contributed by atoms with Gasteiger partial charge in [-0.25, -0.2) is 0 Å². The van der Waals surface area contributed by atoms with Crippen LogP contribution in [-0.4, -0.2) is 33.6 Å². The fraction of sp³-hybridized carbons (Fsp3) is 0.261. The molecular weight excluding hydrogens is 414 g/mol. The summed E-state index contributed by atoms with van der Waals surface area (Å²) in [5.74, 6) is 0.860. The molecular formula is C23H25N3O4S. The molecule has 3 N–H and O–H groups in total. The Balaban J connectivity index is 1.36. The lowest BCUT2D eigenvalue weighted by molar-refractivity contribution is -0.114. The number of nitrogens with zero attached hydrogens (tertiary/aromatic N) is 1. The van der Waals surface area contributed by atoms with E-state index in [1.54, 1.807) is 13.0 Å². The number of thioether (sulfide) groups is 1. The molecule has 2 amide bonds. The van der Waals surface area contributed by atoms with Crippen molar-refractivity contribution in [3.05, 3.63) is 77.6 Å². The third-order valence-electron chi connectivity index (χ3n) is 4.49. The number of aryl methyl sites for hydroxylation is 2. The molecule has 0 spiro atoms. The molecule has 0 fully saturated rings. The largest absolute Gasteiger partial charge is 0.388 e. The summed E-state index contributed by atoms with van der Waals surface area (Å²) in [6, 6.07) is 18.8. The highest BCUT2D eigenvalue weighted by atomic mass is 32.2. The van der Waals surface area contributed by atoms with Crippen LogP contribution in [0.3, 0.4) is 0 Å². The highest BCUT2D eigenvalue weighted by Crippen LogP contribution is 2.20. The van der Waals surface area contributed by atoms with Crippen molar-refractivity contribution in [2.75, 3.05) is 22.1 Å². The maximum atomic E-state index is 12.1. The van der Waals surface area contributed by atoms with Crippen molar-refractivity contribution >= 4 is 35.1 Å². The zero-order chi connectivity index (χ0) is 22.1. The third-order valence-corrected chi connectivity index (χ3v) is 5.42. The first-order valence-electron chi connectivity index (χ1n) is 9.92. The molecule has 0 radical (unpaired) electrons. The Morgan fingerprint density at radius 1 is 1.03 bits per heavy atom. The number of aliphatic hydroxyl groups is 1. The number of nitrogens with one attached hydrogen (secondary N) is 2. The van der Waals surface area contributed by atoms with E-state index in [0.717, 1.165) is 17.5 Å². The van der Waals surface area contributed by atoms with Crippen molar-refractivity contribution in [3.8, 4) is 0 Å². The second-order valence-electron chi connectivity index (χ2n) is 7.07. The van der Waals surface area contributed by atoms with Crippen LogP contribution in [0.5, 0.6) is 0 Å². The Morgan fingerprint density at radius 3 is 2.35 bits per heavy atom. The number of amides is 2. The zero-order valence-corrected chi connectivity index (χ0v) is 18.0. The van der Waals surface area contributed by atoms with Crippen LogP contribution in [-0.2, 0) is 16.0 Å². The molecule has 162 valence electrons. The second kappa shape index (κ2) is 11.3. The summed E-state index contributed by atoms with van der Waals surface area (Å²) in [6.07, 6.45) is 0.867. The maximum absolute atomic E-state index is 12.1. The molecule has 1 heterocycles. The Bertz CT molecular complexity index is 990. The first kappa shape index (κ1) is 22.6. The van der Waals surface area contributed by atoms with Gasteiger partial charge in [0.2, 0.25) is 11.8 Å². The van der Waals surface area contributed by atoms with Crippen LogP contribution >= 0.6 is 11.8 Å². The summed E-state index contributed by atoms with van der Waals surface area (Å²) in [5.41, 5.74) is 2.69. The summed E-state index contributed by atoms with van der Waals surface area (Å²) in [6.45, 7) is 1.74. The van der Waals surface area contributed by atoms with Crippen molar-refractivity contribution in [2.24, 2.45) is 0 Å². The van der Waals surface area contributed by atoms with Crippen molar-refractivity contribution in [1.82, 2.24) is 5.16 Å². The molecule has 0 aliphatic heterocycles. The van der Waals surface area contributed by atoms with Gasteiger partial charge in [-0.3, -0.25) is 9.59 Å². The molecule has 31 heavy (non-hydrogen) atoms. The molecule has 0 saturated carbocycles. The SMILES string of the molecule is Cc1cc(NC(=O)CSCC(=O)Nc2ccc(CC[C@H](O)c3ccccc3)cc2)no1. The number of carbonyl (C=O) groups excluding carboxylic acids is 2.